The van der Waals surface area contributed by atoms with Crippen molar-refractivity contribution in [3.63, 3.8) is 0 Å². The summed E-state index contributed by atoms with van der Waals surface area (Å²) < 4.78 is 5.64. The average Bonchev–Trinajstić information content (AvgIpc) is 2.91. The van der Waals surface area contributed by atoms with Gasteiger partial charge in [0.15, 0.2) is 0 Å². The Kier molecular flexibility index (Phi) is 22.9. The first-order valence-electron chi connectivity index (χ1n) is 12.1. The zero-order chi connectivity index (χ0) is 29.9. The number of nitrogens with one attached hydrogen (secondary N) is 2. The molecule has 17 heteroatoms. The number of hydrogen-bond acceptors (Lipinski definition) is 13. The molecule has 1 aromatic heterocycles. The Bertz CT molecular complexity index is 1380. The predicted octanol–water partition coefficient (Wildman–Crippen LogP) is -12.6. The molecular formula is C28H23N5Na4O8. The van der Waals surface area contributed by atoms with E-state index in [9.17, 15) is 34.8 Å². The minimum Gasteiger partial charge on any atom is -0.872 e. The summed E-state index contributed by atoms with van der Waals surface area (Å²) in [5, 5.41) is 50.4. The van der Waals surface area contributed by atoms with Crippen molar-refractivity contribution in [2.75, 3.05) is 17.2 Å². The number of benzene rings is 2. The van der Waals surface area contributed by atoms with Gasteiger partial charge in [-0.15, -0.1) is 12.3 Å². The van der Waals surface area contributed by atoms with Crippen molar-refractivity contribution < 1.29 is 158 Å². The van der Waals surface area contributed by atoms with Crippen LogP contribution >= 0.6 is 0 Å². The molecule has 0 radical (unpaired) electrons. The monoisotopic (exact) mass is 649 g/mol. The van der Waals surface area contributed by atoms with E-state index in [1.54, 1.807) is 36.4 Å². The Balaban J connectivity index is 0. The number of carboxylic acid groups (broad SMARTS) is 3. The molecule has 0 amide bonds. The van der Waals surface area contributed by atoms with E-state index in [-0.39, 0.29) is 142 Å². The van der Waals surface area contributed by atoms with Gasteiger partial charge in [0.1, 0.15) is 0 Å². The van der Waals surface area contributed by atoms with Crippen LogP contribution in [0.3, 0.4) is 0 Å². The van der Waals surface area contributed by atoms with Crippen LogP contribution in [0.15, 0.2) is 72.0 Å². The van der Waals surface area contributed by atoms with Crippen molar-refractivity contribution in [3.8, 4) is 6.01 Å². The van der Waals surface area contributed by atoms with E-state index in [1.807, 2.05) is 6.92 Å². The van der Waals surface area contributed by atoms with Crippen LogP contribution in [-0.4, -0.2) is 39.5 Å². The van der Waals surface area contributed by atoms with E-state index in [0.717, 1.165) is 25.0 Å². The number of aromatic nitrogens is 3. The molecule has 0 fully saturated rings. The maximum Gasteiger partial charge on any atom is 1.00 e. The van der Waals surface area contributed by atoms with Gasteiger partial charge in [0.2, 0.25) is 11.9 Å². The maximum absolute atomic E-state index is 11.4. The Morgan fingerprint density at radius 1 is 0.711 bits per heavy atom. The zero-order valence-electron chi connectivity index (χ0n) is 25.7. The molecule has 13 nitrogen and oxygen atoms in total. The normalized spacial score (nSPS) is 9.84. The number of nitrogens with zero attached hydrogens (tertiary/aromatic N) is 3. The van der Waals surface area contributed by atoms with Crippen molar-refractivity contribution in [1.29, 1.82) is 0 Å². The number of aliphatic carboxylic acids is 3. The standard InChI is InChI=1S/C28H27N5O8.4Na/c1-3-4-13-41-28-32-26(29-19-9-5-17(6-10-19)14-21(16(2)34)23(35)36)31-27(33-28)30-20-11-7-18(8-12-20)15-22(24(37)38)25(39)40;;;;/h5-12,14-15,34H,2-4,13H2,1H3,(H,35,36)(H,37,38)(H,39,40)(H2,29,30,31,32,33);;;;/q;4*+1/p-4/b21-14-;;;;. The molecule has 0 aliphatic heterocycles. The Labute approximate surface area is 347 Å². The van der Waals surface area contributed by atoms with Gasteiger partial charge in [0, 0.05) is 16.9 Å². The number of unbranched alkanes of at least 4 members (excludes halogenated alkanes) is 1. The zero-order valence-corrected chi connectivity index (χ0v) is 33.7. The van der Waals surface area contributed by atoms with Crippen LogP contribution in [0.2, 0.25) is 0 Å². The number of hydrogen-bond donors (Lipinski definition) is 2. The van der Waals surface area contributed by atoms with Gasteiger partial charge in [0.05, 0.1) is 24.5 Å². The molecule has 3 aromatic rings. The fourth-order valence-corrected chi connectivity index (χ4v) is 3.21. The Morgan fingerprint density at radius 2 is 1.11 bits per heavy atom. The summed E-state index contributed by atoms with van der Waals surface area (Å²) in [6.07, 6.45) is 3.72. The van der Waals surface area contributed by atoms with Crippen molar-refractivity contribution in [3.05, 3.63) is 83.1 Å². The number of carbonyl (C=O) groups is 3. The molecule has 212 valence electrons. The van der Waals surface area contributed by atoms with Crippen LogP contribution in [0.5, 0.6) is 6.01 Å². The third-order valence-corrected chi connectivity index (χ3v) is 5.26. The molecule has 0 bridgehead atoms. The molecule has 0 aliphatic carbocycles. The Morgan fingerprint density at radius 3 is 1.47 bits per heavy atom. The fraction of sp³-hybridized carbons (Fsp3) is 0.143. The van der Waals surface area contributed by atoms with E-state index in [1.165, 1.54) is 12.1 Å². The van der Waals surface area contributed by atoms with E-state index >= 15 is 0 Å². The van der Waals surface area contributed by atoms with Crippen LogP contribution in [0.4, 0.5) is 23.3 Å². The summed E-state index contributed by atoms with van der Waals surface area (Å²) in [5.41, 5.74) is 0.176. The van der Waals surface area contributed by atoms with E-state index in [0.29, 0.717) is 23.5 Å². The molecule has 0 unspecified atom stereocenters. The van der Waals surface area contributed by atoms with E-state index in [4.69, 9.17) is 4.74 Å². The molecule has 2 N–H and O–H groups in total. The van der Waals surface area contributed by atoms with Gasteiger partial charge in [-0.25, -0.2) is 0 Å². The number of carbonyl (C=O) groups excluding carboxylic acids is 3. The van der Waals surface area contributed by atoms with Gasteiger partial charge in [-0.2, -0.15) is 15.0 Å². The molecule has 45 heavy (non-hydrogen) atoms. The quantitative estimate of drug-likeness (QED) is 0.0316. The number of carboxylic acids is 3. The van der Waals surface area contributed by atoms with E-state index < -0.39 is 34.8 Å². The Hall–Kier alpha value is -1.72. The summed E-state index contributed by atoms with van der Waals surface area (Å²) >= 11 is 0. The smallest absolute Gasteiger partial charge is 0.872 e. The van der Waals surface area contributed by atoms with Gasteiger partial charge < -0.3 is 50.2 Å². The summed E-state index contributed by atoms with van der Waals surface area (Å²) in [4.78, 5) is 45.9. The first-order chi connectivity index (χ1) is 19.5. The minimum absolute atomic E-state index is 0. The van der Waals surface area contributed by atoms with Gasteiger partial charge in [-0.3, -0.25) is 0 Å². The van der Waals surface area contributed by atoms with Crippen LogP contribution < -0.4 is 154 Å². The largest absolute Gasteiger partial charge is 1.00 e. The van der Waals surface area contributed by atoms with E-state index in [2.05, 4.69) is 32.2 Å². The molecule has 1 heterocycles. The second-order valence-corrected chi connectivity index (χ2v) is 8.36. The molecule has 3 rings (SSSR count). The molecule has 2 aromatic carbocycles. The van der Waals surface area contributed by atoms with Crippen molar-refractivity contribution in [1.82, 2.24) is 15.0 Å². The van der Waals surface area contributed by atoms with Crippen molar-refractivity contribution >= 4 is 53.3 Å². The SMILES string of the molecule is C=C([O-])/C(=C/c1ccc(Nc2nc(Nc3ccc(C=C(C(=O)[O-])C(=O)[O-])cc3)nc(OCCCC)n2)cc1)C(=O)[O-].[Na+].[Na+].[Na+].[Na+]. The van der Waals surface area contributed by atoms with Crippen LogP contribution in [-0.2, 0) is 14.4 Å². The summed E-state index contributed by atoms with van der Waals surface area (Å²) in [6, 6.07) is 12.4. The molecular weight excluding hydrogens is 626 g/mol. The fourth-order valence-electron chi connectivity index (χ4n) is 3.21. The van der Waals surface area contributed by atoms with Crippen LogP contribution in [0.1, 0.15) is 30.9 Å². The van der Waals surface area contributed by atoms with Gasteiger partial charge in [-0.05, 0) is 59.5 Å². The van der Waals surface area contributed by atoms with Crippen LogP contribution in [0, 0.1) is 0 Å². The molecule has 0 spiro atoms. The predicted molar refractivity (Wildman–Crippen MR) is 140 cm³/mol. The first kappa shape index (κ1) is 45.4. The van der Waals surface area contributed by atoms with Crippen molar-refractivity contribution in [2.45, 2.75) is 19.8 Å². The summed E-state index contributed by atoms with van der Waals surface area (Å²) in [7, 11) is 0. The second kappa shape index (κ2) is 22.7. The minimum atomic E-state index is -1.87. The maximum atomic E-state index is 11.4. The number of ether oxygens (including phenoxy) is 1. The third-order valence-electron chi connectivity index (χ3n) is 5.26. The molecule has 0 saturated heterocycles. The van der Waals surface area contributed by atoms with Crippen molar-refractivity contribution in [2.24, 2.45) is 0 Å². The topological polar surface area (TPSA) is 215 Å². The van der Waals surface area contributed by atoms with Gasteiger partial charge in [-0.1, -0.05) is 37.6 Å². The summed E-state index contributed by atoms with van der Waals surface area (Å²) in [5.74, 6) is -6.01. The summed E-state index contributed by atoms with van der Waals surface area (Å²) in [6.45, 7) is 5.47. The average molecular weight is 649 g/mol. The van der Waals surface area contributed by atoms with Gasteiger partial charge >= 0.3 is 124 Å². The molecule has 0 atom stereocenters. The molecule has 0 saturated carbocycles. The number of anilines is 4. The second-order valence-electron chi connectivity index (χ2n) is 8.36. The third kappa shape index (κ3) is 15.2. The first-order valence-corrected chi connectivity index (χ1v) is 12.1. The number of rotatable bonds is 14. The molecule has 0 aliphatic rings. The van der Waals surface area contributed by atoms with Gasteiger partial charge in [0.25, 0.3) is 0 Å². The van der Waals surface area contributed by atoms with Crippen LogP contribution in [0.25, 0.3) is 12.2 Å².